The fourth-order valence-electron chi connectivity index (χ4n) is 6.30. The molecule has 7 atom stereocenters. The van der Waals surface area contributed by atoms with Crippen molar-refractivity contribution in [2.75, 3.05) is 20.3 Å². The Morgan fingerprint density at radius 3 is 2.32 bits per heavy atom. The summed E-state index contributed by atoms with van der Waals surface area (Å²) in [6.45, 7) is 10.3. The zero-order chi connectivity index (χ0) is 29.7. The van der Waals surface area contributed by atoms with Crippen LogP contribution in [0.25, 0.3) is 0 Å². The zero-order valence-electron chi connectivity index (χ0n) is 26.5. The lowest BCUT2D eigenvalue weighted by Gasteiger charge is -2.36. The minimum atomic E-state index is -0.409. The van der Waals surface area contributed by atoms with Gasteiger partial charge in [-0.05, 0) is 83.0 Å². The number of unbranched alkanes of at least 4 members (excludes halogenated alkanes) is 3. The van der Waals surface area contributed by atoms with Crippen molar-refractivity contribution in [3.8, 4) is 0 Å². The van der Waals surface area contributed by atoms with Gasteiger partial charge in [0.1, 0.15) is 0 Å². The number of ether oxygens (including phenoxy) is 5. The van der Waals surface area contributed by atoms with Crippen LogP contribution in [-0.4, -0.2) is 62.3 Å². The van der Waals surface area contributed by atoms with Crippen LogP contribution in [0.5, 0.6) is 0 Å². The summed E-state index contributed by atoms with van der Waals surface area (Å²) in [6, 6.07) is 0. The van der Waals surface area contributed by atoms with E-state index in [4.69, 9.17) is 23.7 Å². The molecule has 41 heavy (non-hydrogen) atoms. The Labute approximate surface area is 249 Å². The molecule has 236 valence electrons. The molecular weight excluding hydrogens is 520 g/mol. The highest BCUT2D eigenvalue weighted by atomic mass is 16.7. The third kappa shape index (κ3) is 11.7. The first-order valence-electron chi connectivity index (χ1n) is 16.3. The molecule has 1 saturated carbocycles. The first kappa shape index (κ1) is 34.2. The molecule has 3 aliphatic rings. The van der Waals surface area contributed by atoms with E-state index in [9.17, 15) is 9.90 Å². The smallest absolute Gasteiger partial charge is 0.305 e. The fourth-order valence-corrected chi connectivity index (χ4v) is 6.30. The van der Waals surface area contributed by atoms with Crippen LogP contribution >= 0.6 is 0 Å². The van der Waals surface area contributed by atoms with Gasteiger partial charge in [0, 0.05) is 32.0 Å². The van der Waals surface area contributed by atoms with Crippen molar-refractivity contribution in [1.82, 2.24) is 0 Å². The minimum Gasteiger partial charge on any atom is -0.469 e. The molecule has 0 spiro atoms. The van der Waals surface area contributed by atoms with Crippen LogP contribution in [0.4, 0.5) is 0 Å². The number of carbonyl (C=O) groups excluding carboxylic acids is 1. The fraction of sp³-hybridized carbons (Fsp3) is 0.853. The van der Waals surface area contributed by atoms with Gasteiger partial charge in [0.2, 0.25) is 0 Å². The number of hydrogen-bond acceptors (Lipinski definition) is 7. The summed E-state index contributed by atoms with van der Waals surface area (Å²) in [5.41, 5.74) is 1.19. The monoisotopic (exact) mass is 578 g/mol. The SMILES string of the molecule is COC(=O)CCCCCC[C@@H]1[C@@H](/C=C/[C@@H](OC2CCCCO2)C(C)(C)CC=C(C)C)[C@H](OC2CCCCO2)C[C@@H]1O. The van der Waals surface area contributed by atoms with Crippen molar-refractivity contribution in [3.05, 3.63) is 23.8 Å². The van der Waals surface area contributed by atoms with Gasteiger partial charge in [-0.2, -0.15) is 0 Å². The van der Waals surface area contributed by atoms with Gasteiger partial charge in [0.25, 0.3) is 0 Å². The lowest BCUT2D eigenvalue weighted by atomic mass is 9.80. The number of methoxy groups -OCH3 is 1. The summed E-state index contributed by atoms with van der Waals surface area (Å²) in [7, 11) is 1.44. The third-order valence-electron chi connectivity index (χ3n) is 9.00. The predicted molar refractivity (Wildman–Crippen MR) is 161 cm³/mol. The highest BCUT2D eigenvalue weighted by molar-refractivity contribution is 5.68. The van der Waals surface area contributed by atoms with E-state index < -0.39 is 6.10 Å². The lowest BCUT2D eigenvalue weighted by Crippen LogP contribution is -2.36. The Morgan fingerprint density at radius 1 is 1.00 bits per heavy atom. The van der Waals surface area contributed by atoms with Gasteiger partial charge < -0.3 is 28.8 Å². The highest BCUT2D eigenvalue weighted by Crippen LogP contribution is 2.41. The maximum absolute atomic E-state index is 11.4. The molecule has 0 amide bonds. The normalized spacial score (nSPS) is 29.9. The van der Waals surface area contributed by atoms with E-state index >= 15 is 0 Å². The molecule has 7 nitrogen and oxygen atoms in total. The molecule has 1 N–H and O–H groups in total. The largest absolute Gasteiger partial charge is 0.469 e. The quantitative estimate of drug-likeness (QED) is 0.117. The molecule has 3 fully saturated rings. The molecule has 2 unspecified atom stereocenters. The minimum absolute atomic E-state index is 0.0823. The molecule has 1 aliphatic carbocycles. The molecule has 2 heterocycles. The molecule has 2 saturated heterocycles. The summed E-state index contributed by atoms with van der Waals surface area (Å²) >= 11 is 0. The number of aliphatic hydroxyl groups excluding tert-OH is 1. The Morgan fingerprint density at radius 2 is 1.68 bits per heavy atom. The maximum Gasteiger partial charge on any atom is 0.305 e. The van der Waals surface area contributed by atoms with Gasteiger partial charge in [-0.15, -0.1) is 0 Å². The van der Waals surface area contributed by atoms with Crippen LogP contribution in [0.3, 0.4) is 0 Å². The van der Waals surface area contributed by atoms with Crippen molar-refractivity contribution >= 4 is 5.97 Å². The van der Waals surface area contributed by atoms with Gasteiger partial charge in [-0.1, -0.05) is 56.9 Å². The Hall–Kier alpha value is -1.25. The Kier molecular flexibility index (Phi) is 14.8. The molecule has 3 rings (SSSR count). The van der Waals surface area contributed by atoms with Crippen molar-refractivity contribution in [2.24, 2.45) is 17.3 Å². The molecule has 0 bridgehead atoms. The van der Waals surface area contributed by atoms with Crippen LogP contribution in [-0.2, 0) is 28.5 Å². The first-order valence-corrected chi connectivity index (χ1v) is 16.3. The summed E-state index contributed by atoms with van der Waals surface area (Å²) in [6.07, 6.45) is 18.9. The van der Waals surface area contributed by atoms with Crippen molar-refractivity contribution in [2.45, 2.75) is 148 Å². The lowest BCUT2D eigenvalue weighted by molar-refractivity contribution is -0.197. The van der Waals surface area contributed by atoms with Crippen LogP contribution < -0.4 is 0 Å². The summed E-state index contributed by atoms with van der Waals surface area (Å²) in [5, 5.41) is 11.2. The van der Waals surface area contributed by atoms with Crippen molar-refractivity contribution in [3.63, 3.8) is 0 Å². The van der Waals surface area contributed by atoms with Gasteiger partial charge in [-0.25, -0.2) is 0 Å². The van der Waals surface area contributed by atoms with Gasteiger partial charge in [0.05, 0.1) is 25.4 Å². The highest BCUT2D eigenvalue weighted by Gasteiger charge is 2.43. The van der Waals surface area contributed by atoms with E-state index in [1.54, 1.807) is 0 Å². The average molecular weight is 579 g/mol. The summed E-state index contributed by atoms with van der Waals surface area (Å²) < 4.78 is 29.9. The zero-order valence-corrected chi connectivity index (χ0v) is 26.5. The maximum atomic E-state index is 11.4. The number of aliphatic hydroxyl groups is 1. The third-order valence-corrected chi connectivity index (χ3v) is 9.00. The van der Waals surface area contributed by atoms with Gasteiger partial charge in [0.15, 0.2) is 12.6 Å². The van der Waals surface area contributed by atoms with Crippen LogP contribution in [0, 0.1) is 17.3 Å². The van der Waals surface area contributed by atoms with Gasteiger partial charge >= 0.3 is 5.97 Å². The second-order valence-corrected chi connectivity index (χ2v) is 13.3. The second-order valence-electron chi connectivity index (χ2n) is 13.3. The number of carbonyl (C=O) groups is 1. The van der Waals surface area contributed by atoms with E-state index in [0.29, 0.717) is 12.8 Å². The van der Waals surface area contributed by atoms with E-state index in [1.165, 1.54) is 12.7 Å². The number of hydrogen-bond donors (Lipinski definition) is 1. The Balaban J connectivity index is 1.73. The van der Waals surface area contributed by atoms with Crippen molar-refractivity contribution in [1.29, 1.82) is 0 Å². The van der Waals surface area contributed by atoms with E-state index in [2.05, 4.69) is 45.9 Å². The van der Waals surface area contributed by atoms with E-state index in [1.807, 2.05) is 0 Å². The van der Waals surface area contributed by atoms with E-state index in [0.717, 1.165) is 90.3 Å². The molecule has 2 aliphatic heterocycles. The first-order chi connectivity index (χ1) is 19.7. The van der Waals surface area contributed by atoms with Crippen LogP contribution in [0.15, 0.2) is 23.8 Å². The number of allylic oxidation sites excluding steroid dienone is 2. The summed E-state index contributed by atoms with van der Waals surface area (Å²) in [4.78, 5) is 11.4. The van der Waals surface area contributed by atoms with Crippen LogP contribution in [0.1, 0.15) is 118 Å². The van der Waals surface area contributed by atoms with Gasteiger partial charge in [-0.3, -0.25) is 4.79 Å². The predicted octanol–water partition coefficient (Wildman–Crippen LogP) is 7.26. The molecular formula is C34H58O7. The molecule has 7 heteroatoms. The average Bonchev–Trinajstić information content (AvgIpc) is 3.25. The molecule has 0 aromatic carbocycles. The van der Waals surface area contributed by atoms with Crippen LogP contribution in [0.2, 0.25) is 0 Å². The topological polar surface area (TPSA) is 83.5 Å². The molecule has 0 aromatic heterocycles. The molecule has 0 aromatic rings. The van der Waals surface area contributed by atoms with Crippen molar-refractivity contribution < 1.29 is 33.6 Å². The van der Waals surface area contributed by atoms with E-state index in [-0.39, 0.29) is 48.0 Å². The molecule has 0 radical (unpaired) electrons. The summed E-state index contributed by atoms with van der Waals surface area (Å²) in [5.74, 6) is 0.0606. The second kappa shape index (κ2) is 17.8. The standard InChI is InChI=1S/C34H58O7/c1-25(2)20-21-34(3,4)30(41-33-17-11-13-23-39-33)19-18-27-26(14-8-6-7-9-15-31(36)37-5)28(35)24-29(27)40-32-16-10-12-22-38-32/h18-20,26-30,32-33,35H,6-17,21-24H2,1-5H3/b19-18+/t26-,27-,28+,29-,30-,32?,33?/m1/s1. The number of esters is 1. The Bertz CT molecular complexity index is 806. The number of rotatable bonds is 16.